The number of carbonyl (C=O) groups excluding carboxylic acids is 2. The van der Waals surface area contributed by atoms with Gasteiger partial charge in [0, 0.05) is 22.7 Å². The van der Waals surface area contributed by atoms with Crippen LogP contribution in [0.1, 0.15) is 28.8 Å². The predicted molar refractivity (Wildman–Crippen MR) is 140 cm³/mol. The average Bonchev–Trinajstić information content (AvgIpc) is 3.59. The summed E-state index contributed by atoms with van der Waals surface area (Å²) in [7, 11) is 1.31. The van der Waals surface area contributed by atoms with Crippen molar-refractivity contribution in [3.05, 3.63) is 88.8 Å². The Balaban J connectivity index is 1.40. The van der Waals surface area contributed by atoms with E-state index in [1.54, 1.807) is 12.1 Å². The number of carbonyl (C=O) groups is 2. The van der Waals surface area contributed by atoms with Crippen LogP contribution in [-0.2, 0) is 16.1 Å². The molecule has 9 heteroatoms. The van der Waals surface area contributed by atoms with Gasteiger partial charge < -0.3 is 23.8 Å². The fourth-order valence-electron chi connectivity index (χ4n) is 3.88. The van der Waals surface area contributed by atoms with Crippen LogP contribution in [0, 0.1) is 0 Å². The van der Waals surface area contributed by atoms with Gasteiger partial charge in [0.15, 0.2) is 5.17 Å². The van der Waals surface area contributed by atoms with Crippen molar-refractivity contribution in [3.63, 3.8) is 0 Å². The molecule has 8 nitrogen and oxygen atoms in total. The second kappa shape index (κ2) is 10.2. The Bertz CT molecular complexity index is 1500. The van der Waals surface area contributed by atoms with E-state index in [-0.39, 0.29) is 11.7 Å². The van der Waals surface area contributed by atoms with Crippen LogP contribution in [0.4, 0.5) is 5.69 Å². The van der Waals surface area contributed by atoms with E-state index >= 15 is 0 Å². The first-order chi connectivity index (χ1) is 17.5. The minimum atomic E-state index is -0.518. The summed E-state index contributed by atoms with van der Waals surface area (Å²) in [4.78, 5) is 29.5. The van der Waals surface area contributed by atoms with Crippen LogP contribution in [0.25, 0.3) is 17.0 Å². The van der Waals surface area contributed by atoms with Crippen molar-refractivity contribution in [1.29, 1.82) is 0 Å². The number of furan rings is 1. The minimum Gasteiger partial charge on any atom is -0.494 e. The van der Waals surface area contributed by atoms with Crippen molar-refractivity contribution in [3.8, 4) is 5.75 Å². The maximum Gasteiger partial charge on any atom is 0.373 e. The van der Waals surface area contributed by atoms with Gasteiger partial charge in [0.1, 0.15) is 11.5 Å². The number of hydrogen-bond donors (Lipinski definition) is 1. The molecule has 0 spiro atoms. The molecule has 36 heavy (non-hydrogen) atoms. The van der Waals surface area contributed by atoms with E-state index in [2.05, 4.69) is 10.3 Å². The lowest BCUT2D eigenvalue weighted by atomic mass is 10.1. The van der Waals surface area contributed by atoms with Gasteiger partial charge in [-0.05, 0) is 67.2 Å². The average molecular weight is 502 g/mol. The maximum atomic E-state index is 12.7. The fraction of sp³-hybridized carbons (Fsp3) is 0.148. The number of fused-ring (bicyclic) bond motifs is 1. The van der Waals surface area contributed by atoms with Crippen molar-refractivity contribution in [2.45, 2.75) is 13.5 Å². The third kappa shape index (κ3) is 4.92. The van der Waals surface area contributed by atoms with Gasteiger partial charge in [-0.15, -0.1) is 0 Å². The van der Waals surface area contributed by atoms with E-state index in [0.717, 1.165) is 27.9 Å². The summed E-state index contributed by atoms with van der Waals surface area (Å²) in [6.07, 6.45) is 3.83. The van der Waals surface area contributed by atoms with Gasteiger partial charge >= 0.3 is 5.97 Å². The number of ether oxygens (including phenoxy) is 2. The number of amides is 1. The first-order valence-corrected chi connectivity index (χ1v) is 12.1. The number of amidine groups is 1. The molecule has 0 aliphatic carbocycles. The summed E-state index contributed by atoms with van der Waals surface area (Å²) in [5.41, 5.74) is 2.60. The second-order valence-electron chi connectivity index (χ2n) is 7.90. The molecule has 3 heterocycles. The van der Waals surface area contributed by atoms with Crippen LogP contribution in [0.3, 0.4) is 0 Å². The number of thioether (sulfide) groups is 1. The lowest BCUT2D eigenvalue weighted by Crippen LogP contribution is -2.19. The van der Waals surface area contributed by atoms with E-state index in [9.17, 15) is 9.59 Å². The molecular formula is C27H23N3O5S. The van der Waals surface area contributed by atoms with E-state index < -0.39 is 5.97 Å². The molecule has 4 aromatic rings. The summed E-state index contributed by atoms with van der Waals surface area (Å²) in [6, 6.07) is 18.7. The predicted octanol–water partition coefficient (Wildman–Crippen LogP) is 5.36. The van der Waals surface area contributed by atoms with E-state index in [1.807, 2.05) is 72.3 Å². The molecule has 0 atom stereocenters. The molecule has 0 saturated carbocycles. The molecule has 2 aromatic carbocycles. The number of esters is 1. The van der Waals surface area contributed by atoms with Crippen LogP contribution in [0.2, 0.25) is 0 Å². The van der Waals surface area contributed by atoms with Gasteiger partial charge in [-0.25, -0.2) is 9.79 Å². The monoisotopic (exact) mass is 501 g/mol. The standard InChI is InChI=1S/C27H23N3O5S/c1-3-34-19-10-8-18(9-11-19)28-27-29-25(31)24(36-27)14-17-15-30(22-7-5-4-6-21(17)22)16-20-12-13-23(35-20)26(32)33-2/h4-15H,3,16H2,1-2H3,(H,28,29,31)/b24-14-. The van der Waals surface area contributed by atoms with E-state index in [0.29, 0.717) is 29.0 Å². The Morgan fingerprint density at radius 2 is 1.94 bits per heavy atom. The van der Waals surface area contributed by atoms with Crippen molar-refractivity contribution in [2.24, 2.45) is 4.99 Å². The number of para-hydroxylation sites is 1. The number of nitrogens with zero attached hydrogens (tertiary/aromatic N) is 2. The minimum absolute atomic E-state index is 0.157. The number of aromatic nitrogens is 1. The zero-order chi connectivity index (χ0) is 25.1. The molecule has 1 saturated heterocycles. The van der Waals surface area contributed by atoms with Gasteiger partial charge in [-0.3, -0.25) is 4.79 Å². The molecule has 5 rings (SSSR count). The molecule has 1 amide bonds. The normalized spacial score (nSPS) is 15.6. The molecule has 0 unspecified atom stereocenters. The first kappa shape index (κ1) is 23.5. The third-order valence-corrected chi connectivity index (χ3v) is 6.42. The number of hydrogen-bond acceptors (Lipinski definition) is 7. The van der Waals surface area contributed by atoms with Crippen molar-refractivity contribution in [2.75, 3.05) is 13.7 Å². The number of methoxy groups -OCH3 is 1. The van der Waals surface area contributed by atoms with Crippen LogP contribution in [-0.4, -0.2) is 35.3 Å². The van der Waals surface area contributed by atoms with E-state index in [4.69, 9.17) is 13.9 Å². The smallest absolute Gasteiger partial charge is 0.373 e. The van der Waals surface area contributed by atoms with Gasteiger partial charge in [-0.1, -0.05) is 18.2 Å². The Hall–Kier alpha value is -4.24. The van der Waals surface area contributed by atoms with Gasteiger partial charge in [0.2, 0.25) is 5.76 Å². The molecule has 0 bridgehead atoms. The molecule has 0 radical (unpaired) electrons. The molecule has 182 valence electrons. The number of rotatable bonds is 7. The summed E-state index contributed by atoms with van der Waals surface area (Å²) in [5.74, 6) is 0.835. The Labute approximate surface area is 211 Å². The molecular weight excluding hydrogens is 478 g/mol. The lowest BCUT2D eigenvalue weighted by molar-refractivity contribution is -0.115. The Kier molecular flexibility index (Phi) is 6.64. The highest BCUT2D eigenvalue weighted by Crippen LogP contribution is 2.31. The number of nitrogens with one attached hydrogen (secondary N) is 1. The zero-order valence-electron chi connectivity index (χ0n) is 19.7. The molecule has 1 aliphatic rings. The number of aliphatic imine (C=N–C) groups is 1. The molecule has 1 N–H and O–H groups in total. The Morgan fingerprint density at radius 1 is 1.14 bits per heavy atom. The van der Waals surface area contributed by atoms with Gasteiger partial charge in [-0.2, -0.15) is 0 Å². The third-order valence-electron chi connectivity index (χ3n) is 5.51. The van der Waals surface area contributed by atoms with Gasteiger partial charge in [0.05, 0.1) is 30.9 Å². The molecule has 2 aromatic heterocycles. The number of benzene rings is 2. The highest BCUT2D eigenvalue weighted by molar-refractivity contribution is 8.18. The summed E-state index contributed by atoms with van der Waals surface area (Å²) in [5, 5.41) is 4.35. The zero-order valence-corrected chi connectivity index (χ0v) is 20.5. The quantitative estimate of drug-likeness (QED) is 0.271. The van der Waals surface area contributed by atoms with Crippen LogP contribution in [0.5, 0.6) is 5.75 Å². The second-order valence-corrected chi connectivity index (χ2v) is 8.93. The van der Waals surface area contributed by atoms with Crippen LogP contribution < -0.4 is 10.1 Å². The molecule has 1 fully saturated rings. The van der Waals surface area contributed by atoms with Crippen LogP contribution in [0.15, 0.2) is 81.2 Å². The highest BCUT2D eigenvalue weighted by atomic mass is 32.2. The highest BCUT2D eigenvalue weighted by Gasteiger charge is 2.24. The topological polar surface area (TPSA) is 95.1 Å². The van der Waals surface area contributed by atoms with Crippen LogP contribution >= 0.6 is 11.8 Å². The molecule has 1 aliphatic heterocycles. The lowest BCUT2D eigenvalue weighted by Gasteiger charge is -2.02. The van der Waals surface area contributed by atoms with E-state index in [1.165, 1.54) is 18.9 Å². The largest absolute Gasteiger partial charge is 0.494 e. The first-order valence-electron chi connectivity index (χ1n) is 11.3. The van der Waals surface area contributed by atoms with Crippen molar-refractivity contribution >= 4 is 51.5 Å². The van der Waals surface area contributed by atoms with Crippen molar-refractivity contribution in [1.82, 2.24) is 9.88 Å². The maximum absolute atomic E-state index is 12.7. The Morgan fingerprint density at radius 3 is 2.72 bits per heavy atom. The summed E-state index contributed by atoms with van der Waals surface area (Å²) < 4.78 is 17.8. The summed E-state index contributed by atoms with van der Waals surface area (Å²) in [6.45, 7) is 2.95. The fourth-order valence-corrected chi connectivity index (χ4v) is 4.72. The summed E-state index contributed by atoms with van der Waals surface area (Å²) >= 11 is 1.29. The van der Waals surface area contributed by atoms with Crippen molar-refractivity contribution < 1.29 is 23.5 Å². The SMILES string of the molecule is CCOc1ccc(N=C2NC(=O)/C(=C/c3cn(Cc4ccc(C(=O)OC)o4)c4ccccc34)S2)cc1. The van der Waals surface area contributed by atoms with Gasteiger partial charge in [0.25, 0.3) is 5.91 Å².